The quantitative estimate of drug-likeness (QED) is 0.718. The first-order valence-electron chi connectivity index (χ1n) is 9.11. The van der Waals surface area contributed by atoms with Crippen molar-refractivity contribution in [3.05, 3.63) is 47.3 Å². The maximum Gasteiger partial charge on any atom is 0.336 e. The van der Waals surface area contributed by atoms with E-state index < -0.39 is 23.8 Å². The molecule has 1 heterocycles. The van der Waals surface area contributed by atoms with Gasteiger partial charge in [-0.15, -0.1) is 0 Å². The van der Waals surface area contributed by atoms with E-state index in [0.717, 1.165) is 0 Å². The molecule has 1 aliphatic heterocycles. The first-order valence-corrected chi connectivity index (χ1v) is 9.11. The maximum absolute atomic E-state index is 12.8. The summed E-state index contributed by atoms with van der Waals surface area (Å²) in [6.07, 6.45) is 0. The van der Waals surface area contributed by atoms with E-state index in [9.17, 15) is 9.59 Å². The van der Waals surface area contributed by atoms with E-state index in [1.54, 1.807) is 46.1 Å². The van der Waals surface area contributed by atoms with E-state index in [0.29, 0.717) is 34.0 Å². The zero-order valence-electron chi connectivity index (χ0n) is 17.0. The van der Waals surface area contributed by atoms with Crippen molar-refractivity contribution in [1.29, 1.82) is 0 Å². The number of methoxy groups -OCH3 is 2. The molecule has 1 N–H and O–H groups in total. The zero-order valence-corrected chi connectivity index (χ0v) is 17.0. The molecule has 1 aromatic rings. The first kappa shape index (κ1) is 21.3. The molecule has 0 aliphatic carbocycles. The Morgan fingerprint density at radius 1 is 1.11 bits per heavy atom. The highest BCUT2D eigenvalue weighted by molar-refractivity contribution is 5.94. The minimum atomic E-state index is -0.814. The van der Waals surface area contributed by atoms with Gasteiger partial charge in [0.2, 0.25) is 0 Å². The van der Waals surface area contributed by atoms with Gasteiger partial charge in [0.05, 0.1) is 33.0 Å². The van der Waals surface area contributed by atoms with Crippen molar-refractivity contribution in [1.82, 2.24) is 5.32 Å². The lowest BCUT2D eigenvalue weighted by Crippen LogP contribution is -2.40. The average Bonchev–Trinajstić information content (AvgIpc) is 2.67. The van der Waals surface area contributed by atoms with E-state index in [1.807, 2.05) is 0 Å². The van der Waals surface area contributed by atoms with E-state index in [1.165, 1.54) is 7.11 Å². The number of ether oxygens (including phenoxy) is 4. The van der Waals surface area contributed by atoms with E-state index >= 15 is 0 Å². The molecule has 0 bridgehead atoms. The smallest absolute Gasteiger partial charge is 0.336 e. The Morgan fingerprint density at radius 3 is 2.36 bits per heavy atom. The fourth-order valence-electron chi connectivity index (χ4n) is 3.40. The second kappa shape index (κ2) is 9.30. The Bertz CT molecular complexity index is 798. The molecule has 0 aromatic heterocycles. The summed E-state index contributed by atoms with van der Waals surface area (Å²) in [4.78, 5) is 25.6. The van der Waals surface area contributed by atoms with Crippen LogP contribution in [0.4, 0.5) is 0 Å². The topological polar surface area (TPSA) is 83.1 Å². The van der Waals surface area contributed by atoms with Crippen LogP contribution in [0, 0.1) is 5.92 Å². The fourth-order valence-corrected chi connectivity index (χ4v) is 3.40. The third kappa shape index (κ3) is 4.13. The summed E-state index contributed by atoms with van der Waals surface area (Å²) in [5.41, 5.74) is 2.01. The molecule has 0 saturated carbocycles. The highest BCUT2D eigenvalue weighted by Gasteiger charge is 2.44. The largest absolute Gasteiger partial charge is 0.497 e. The molecule has 2 rings (SSSR count). The highest BCUT2D eigenvalue weighted by atomic mass is 16.5. The predicted octanol–water partition coefficient (Wildman–Crippen LogP) is 2.92. The van der Waals surface area contributed by atoms with Crippen molar-refractivity contribution < 1.29 is 28.5 Å². The van der Waals surface area contributed by atoms with Crippen LogP contribution in [0.15, 0.2) is 41.7 Å². The fraction of sp³-hybridized carbons (Fsp3) is 0.429. The molecular weight excluding hydrogens is 362 g/mol. The van der Waals surface area contributed by atoms with Crippen molar-refractivity contribution in [3.8, 4) is 11.5 Å². The van der Waals surface area contributed by atoms with Crippen LogP contribution in [0.3, 0.4) is 0 Å². The third-order valence-corrected chi connectivity index (χ3v) is 4.58. The van der Waals surface area contributed by atoms with Gasteiger partial charge in [0, 0.05) is 28.9 Å². The average molecular weight is 389 g/mol. The van der Waals surface area contributed by atoms with Crippen molar-refractivity contribution in [3.63, 3.8) is 0 Å². The van der Waals surface area contributed by atoms with Gasteiger partial charge >= 0.3 is 11.9 Å². The Balaban J connectivity index is 2.71. The van der Waals surface area contributed by atoms with Crippen molar-refractivity contribution in [2.24, 2.45) is 5.92 Å². The number of carbonyl (C=O) groups is 2. The summed E-state index contributed by atoms with van der Waals surface area (Å²) in [5, 5.41) is 3.04. The lowest BCUT2D eigenvalue weighted by Gasteiger charge is -2.35. The van der Waals surface area contributed by atoms with Crippen molar-refractivity contribution >= 4 is 11.9 Å². The molecule has 28 heavy (non-hydrogen) atoms. The van der Waals surface area contributed by atoms with Crippen LogP contribution in [0.2, 0.25) is 0 Å². The standard InChI is InChI=1S/C21H27NO6/c1-7-27-20(23)17-12(3)22-13(4)18(21(24)28-8-2)19(17)15-10-9-14(25-5)11-16(15)26-6/h9-11,17,19,22H,3,7-8H2,1-2,4-6H3. The van der Waals surface area contributed by atoms with Crippen LogP contribution >= 0.6 is 0 Å². The summed E-state index contributed by atoms with van der Waals surface area (Å²) < 4.78 is 21.3. The van der Waals surface area contributed by atoms with Gasteiger partial charge in [0.15, 0.2) is 0 Å². The normalized spacial score (nSPS) is 19.0. The minimum Gasteiger partial charge on any atom is -0.497 e. The van der Waals surface area contributed by atoms with Gasteiger partial charge in [-0.25, -0.2) is 4.79 Å². The van der Waals surface area contributed by atoms with E-state index in [4.69, 9.17) is 18.9 Å². The van der Waals surface area contributed by atoms with Gasteiger partial charge in [-0.1, -0.05) is 12.6 Å². The summed E-state index contributed by atoms with van der Waals surface area (Å²) in [6.45, 7) is 9.63. The molecule has 2 atom stereocenters. The second-order valence-electron chi connectivity index (χ2n) is 6.22. The number of hydrogen-bond acceptors (Lipinski definition) is 7. The van der Waals surface area contributed by atoms with Gasteiger partial charge < -0.3 is 24.3 Å². The highest BCUT2D eigenvalue weighted by Crippen LogP contribution is 2.45. The monoisotopic (exact) mass is 389 g/mol. The van der Waals surface area contributed by atoms with E-state index in [2.05, 4.69) is 11.9 Å². The molecule has 0 spiro atoms. The van der Waals surface area contributed by atoms with Crippen LogP contribution in [-0.2, 0) is 19.1 Å². The van der Waals surface area contributed by atoms with Crippen molar-refractivity contribution in [2.75, 3.05) is 27.4 Å². The Kier molecular flexibility index (Phi) is 7.09. The number of rotatable bonds is 7. The SMILES string of the molecule is C=C1NC(C)=C(C(=O)OCC)C(c2ccc(OC)cc2OC)C1C(=O)OCC. The van der Waals surface area contributed by atoms with Crippen LogP contribution in [0.5, 0.6) is 11.5 Å². The molecule has 0 amide bonds. The molecule has 7 heteroatoms. The van der Waals surface area contributed by atoms with Gasteiger partial charge in [-0.05, 0) is 26.8 Å². The van der Waals surface area contributed by atoms with Crippen molar-refractivity contribution in [2.45, 2.75) is 26.7 Å². The molecular formula is C21H27NO6. The number of carbonyl (C=O) groups excluding carboxylic acids is 2. The molecule has 2 unspecified atom stereocenters. The van der Waals surface area contributed by atoms with Crippen LogP contribution in [-0.4, -0.2) is 39.4 Å². The Hall–Kier alpha value is -2.96. The molecule has 0 fully saturated rings. The second-order valence-corrected chi connectivity index (χ2v) is 6.22. The first-order chi connectivity index (χ1) is 13.4. The molecule has 1 aliphatic rings. The molecule has 7 nitrogen and oxygen atoms in total. The van der Waals surface area contributed by atoms with Gasteiger partial charge in [0.25, 0.3) is 0 Å². The predicted molar refractivity (Wildman–Crippen MR) is 104 cm³/mol. The summed E-state index contributed by atoms with van der Waals surface area (Å²) in [6, 6.07) is 5.24. The van der Waals surface area contributed by atoms with Crippen LogP contribution < -0.4 is 14.8 Å². The zero-order chi connectivity index (χ0) is 20.8. The lowest BCUT2D eigenvalue weighted by atomic mass is 9.75. The molecule has 152 valence electrons. The summed E-state index contributed by atoms with van der Waals surface area (Å²) >= 11 is 0. The van der Waals surface area contributed by atoms with Gasteiger partial charge in [-0.3, -0.25) is 4.79 Å². The number of nitrogens with one attached hydrogen (secondary N) is 1. The third-order valence-electron chi connectivity index (χ3n) is 4.58. The molecule has 0 radical (unpaired) electrons. The Morgan fingerprint density at radius 2 is 1.79 bits per heavy atom. The van der Waals surface area contributed by atoms with Gasteiger partial charge in [0.1, 0.15) is 17.4 Å². The number of esters is 2. The lowest BCUT2D eigenvalue weighted by molar-refractivity contribution is -0.147. The summed E-state index contributed by atoms with van der Waals surface area (Å²) in [7, 11) is 3.07. The van der Waals surface area contributed by atoms with Crippen LogP contribution in [0.25, 0.3) is 0 Å². The minimum absolute atomic E-state index is 0.215. The van der Waals surface area contributed by atoms with E-state index in [-0.39, 0.29) is 13.2 Å². The molecule has 0 saturated heterocycles. The number of benzene rings is 1. The molecule has 1 aromatic carbocycles. The van der Waals surface area contributed by atoms with Gasteiger partial charge in [-0.2, -0.15) is 0 Å². The number of allylic oxidation sites excluding steroid dienone is 1. The van der Waals surface area contributed by atoms with Crippen LogP contribution in [0.1, 0.15) is 32.3 Å². The Labute approximate surface area is 165 Å². The number of hydrogen-bond donors (Lipinski definition) is 1. The summed E-state index contributed by atoms with van der Waals surface area (Å²) in [5.74, 6) is -1.38. The maximum atomic E-state index is 12.8.